The van der Waals surface area contributed by atoms with Gasteiger partial charge in [0.05, 0.1) is 24.0 Å². The van der Waals surface area contributed by atoms with Crippen LogP contribution in [0.1, 0.15) is 37.1 Å². The van der Waals surface area contributed by atoms with Crippen LogP contribution in [0, 0.1) is 6.92 Å². The van der Waals surface area contributed by atoms with Gasteiger partial charge in [-0.15, -0.1) is 0 Å². The van der Waals surface area contributed by atoms with Crippen LogP contribution in [0.3, 0.4) is 0 Å². The first kappa shape index (κ1) is 18.4. The predicted octanol–water partition coefficient (Wildman–Crippen LogP) is 1.75. The summed E-state index contributed by atoms with van der Waals surface area (Å²) in [5.41, 5.74) is 3.43. The Labute approximate surface area is 153 Å². The quantitative estimate of drug-likeness (QED) is 0.732. The molecule has 0 bridgehead atoms. The van der Waals surface area contributed by atoms with E-state index < -0.39 is 18.2 Å². The molecule has 1 aromatic heterocycles. The van der Waals surface area contributed by atoms with Crippen LogP contribution in [0.15, 0.2) is 30.5 Å². The van der Waals surface area contributed by atoms with E-state index in [1.165, 1.54) is 0 Å². The number of aliphatic hydroxyl groups excluding tert-OH is 2. The maximum Gasteiger partial charge on any atom is 0.227 e. The third-order valence-electron chi connectivity index (χ3n) is 4.88. The summed E-state index contributed by atoms with van der Waals surface area (Å²) in [5, 5.41) is 28.0. The Balaban J connectivity index is 1.84. The zero-order valence-corrected chi connectivity index (χ0v) is 15.4. The van der Waals surface area contributed by atoms with Gasteiger partial charge in [0, 0.05) is 31.4 Å². The Morgan fingerprint density at radius 1 is 1.23 bits per heavy atom. The molecule has 1 aromatic carbocycles. The number of aliphatic hydroxyl groups is 2. The second kappa shape index (κ2) is 7.47. The van der Waals surface area contributed by atoms with Gasteiger partial charge in [-0.2, -0.15) is 5.10 Å². The van der Waals surface area contributed by atoms with Crippen molar-refractivity contribution in [3.05, 3.63) is 41.7 Å². The minimum Gasteiger partial charge on any atom is -0.391 e. The second-order valence-electron chi connectivity index (χ2n) is 6.89. The molecule has 0 aliphatic carbocycles. The molecule has 1 saturated heterocycles. The number of hydrogen-bond donors (Lipinski definition) is 3. The van der Waals surface area contributed by atoms with E-state index in [1.807, 2.05) is 38.2 Å². The molecule has 140 valence electrons. The fourth-order valence-electron chi connectivity index (χ4n) is 3.44. The van der Waals surface area contributed by atoms with Crippen LogP contribution in [-0.2, 0) is 11.8 Å². The average Bonchev–Trinajstić information content (AvgIpc) is 3.18. The van der Waals surface area contributed by atoms with E-state index >= 15 is 0 Å². The van der Waals surface area contributed by atoms with Gasteiger partial charge < -0.3 is 20.4 Å². The van der Waals surface area contributed by atoms with Gasteiger partial charge >= 0.3 is 0 Å². The number of hydrogen-bond acceptors (Lipinski definition) is 5. The SMILES string of the molecule is Cc1cnn(C)c1[C@@H](Nc1ccc(N2CCCC2=O)cc1)[C@H](O)[C@H](C)O. The first-order valence-electron chi connectivity index (χ1n) is 8.90. The summed E-state index contributed by atoms with van der Waals surface area (Å²) in [7, 11) is 1.81. The minimum atomic E-state index is -0.996. The van der Waals surface area contributed by atoms with E-state index in [-0.39, 0.29) is 5.91 Å². The van der Waals surface area contributed by atoms with Crippen molar-refractivity contribution in [2.45, 2.75) is 44.9 Å². The van der Waals surface area contributed by atoms with Gasteiger partial charge in [-0.05, 0) is 50.1 Å². The lowest BCUT2D eigenvalue weighted by Crippen LogP contribution is -2.35. The number of nitrogens with one attached hydrogen (secondary N) is 1. The topological polar surface area (TPSA) is 90.6 Å². The number of benzene rings is 1. The molecule has 0 spiro atoms. The van der Waals surface area contributed by atoms with Crippen molar-refractivity contribution in [3.63, 3.8) is 0 Å². The molecule has 0 radical (unpaired) electrons. The molecular weight excluding hydrogens is 332 g/mol. The van der Waals surface area contributed by atoms with Gasteiger partial charge in [-0.25, -0.2) is 0 Å². The monoisotopic (exact) mass is 358 g/mol. The van der Waals surface area contributed by atoms with Gasteiger partial charge in [0.2, 0.25) is 5.91 Å². The highest BCUT2D eigenvalue weighted by Gasteiger charge is 2.29. The van der Waals surface area contributed by atoms with E-state index in [0.29, 0.717) is 6.42 Å². The Bertz CT molecular complexity index is 750. The number of amides is 1. The van der Waals surface area contributed by atoms with Gasteiger partial charge in [-0.3, -0.25) is 9.48 Å². The highest BCUT2D eigenvalue weighted by Crippen LogP contribution is 2.29. The van der Waals surface area contributed by atoms with Gasteiger partial charge in [-0.1, -0.05) is 0 Å². The molecule has 0 saturated carbocycles. The molecule has 26 heavy (non-hydrogen) atoms. The number of aromatic nitrogens is 2. The first-order chi connectivity index (χ1) is 12.4. The lowest BCUT2D eigenvalue weighted by molar-refractivity contribution is -0.117. The summed E-state index contributed by atoms with van der Waals surface area (Å²) in [6, 6.07) is 7.05. The maximum atomic E-state index is 11.9. The first-order valence-corrected chi connectivity index (χ1v) is 8.90. The summed E-state index contributed by atoms with van der Waals surface area (Å²) in [6.07, 6.45) is 1.33. The summed E-state index contributed by atoms with van der Waals surface area (Å²) < 4.78 is 1.70. The van der Waals surface area contributed by atoms with E-state index in [9.17, 15) is 15.0 Å². The molecule has 2 aromatic rings. The summed E-state index contributed by atoms with van der Waals surface area (Å²) >= 11 is 0. The van der Waals surface area contributed by atoms with Crippen LogP contribution in [0.5, 0.6) is 0 Å². The van der Waals surface area contributed by atoms with E-state index in [1.54, 1.807) is 22.7 Å². The molecule has 1 amide bonds. The fraction of sp³-hybridized carbons (Fsp3) is 0.474. The second-order valence-corrected chi connectivity index (χ2v) is 6.89. The molecule has 3 atom stereocenters. The lowest BCUT2D eigenvalue weighted by atomic mass is 10.00. The van der Waals surface area contributed by atoms with Crippen LogP contribution in [-0.4, -0.2) is 44.7 Å². The molecular formula is C19H26N4O3. The zero-order valence-electron chi connectivity index (χ0n) is 15.4. The number of nitrogens with zero attached hydrogens (tertiary/aromatic N) is 3. The number of carbonyl (C=O) groups excluding carboxylic acids is 1. The van der Waals surface area contributed by atoms with E-state index in [4.69, 9.17) is 0 Å². The molecule has 1 aliphatic heterocycles. The fourth-order valence-corrected chi connectivity index (χ4v) is 3.44. The van der Waals surface area contributed by atoms with Gasteiger partial charge in [0.1, 0.15) is 6.10 Å². The lowest BCUT2D eigenvalue weighted by Gasteiger charge is -2.28. The van der Waals surface area contributed by atoms with Gasteiger partial charge in [0.15, 0.2) is 0 Å². The van der Waals surface area contributed by atoms with Crippen molar-refractivity contribution in [3.8, 4) is 0 Å². The summed E-state index contributed by atoms with van der Waals surface area (Å²) in [4.78, 5) is 13.7. The molecule has 0 unspecified atom stereocenters. The van der Waals surface area contributed by atoms with Crippen LogP contribution in [0.25, 0.3) is 0 Å². The third kappa shape index (κ3) is 3.59. The molecule has 1 fully saturated rings. The minimum absolute atomic E-state index is 0.152. The molecule has 2 heterocycles. The molecule has 3 rings (SSSR count). The maximum absolute atomic E-state index is 11.9. The molecule has 3 N–H and O–H groups in total. The Morgan fingerprint density at radius 2 is 1.92 bits per heavy atom. The average molecular weight is 358 g/mol. The van der Waals surface area contributed by atoms with Crippen LogP contribution >= 0.6 is 0 Å². The van der Waals surface area contributed by atoms with Crippen molar-refractivity contribution in [1.82, 2.24) is 9.78 Å². The van der Waals surface area contributed by atoms with Crippen LogP contribution < -0.4 is 10.2 Å². The number of anilines is 2. The van der Waals surface area contributed by atoms with Crippen molar-refractivity contribution < 1.29 is 15.0 Å². The van der Waals surface area contributed by atoms with Gasteiger partial charge in [0.25, 0.3) is 0 Å². The Kier molecular flexibility index (Phi) is 5.29. The van der Waals surface area contributed by atoms with E-state index in [2.05, 4.69) is 10.4 Å². The summed E-state index contributed by atoms with van der Waals surface area (Å²) in [5.74, 6) is 0.152. The largest absolute Gasteiger partial charge is 0.391 e. The van der Waals surface area contributed by atoms with Crippen LogP contribution in [0.4, 0.5) is 11.4 Å². The Morgan fingerprint density at radius 3 is 2.42 bits per heavy atom. The predicted molar refractivity (Wildman–Crippen MR) is 100 cm³/mol. The summed E-state index contributed by atoms with van der Waals surface area (Å²) in [6.45, 7) is 4.24. The normalized spacial score (nSPS) is 18.0. The van der Waals surface area contributed by atoms with Crippen LogP contribution in [0.2, 0.25) is 0 Å². The number of aryl methyl sites for hydroxylation is 2. The van der Waals surface area contributed by atoms with Crippen molar-refractivity contribution in [2.24, 2.45) is 7.05 Å². The highest BCUT2D eigenvalue weighted by molar-refractivity contribution is 5.95. The van der Waals surface area contributed by atoms with Crippen molar-refractivity contribution in [2.75, 3.05) is 16.8 Å². The highest BCUT2D eigenvalue weighted by atomic mass is 16.3. The third-order valence-corrected chi connectivity index (χ3v) is 4.88. The molecule has 1 aliphatic rings. The Hall–Kier alpha value is -2.38. The standard InChI is InChI=1S/C19H26N4O3/c1-12-11-20-22(3)18(12)17(19(26)13(2)24)21-14-6-8-15(9-7-14)23-10-4-5-16(23)25/h6-9,11,13,17,19,21,24,26H,4-5,10H2,1-3H3/t13-,17+,19+/m0/s1. The zero-order chi connectivity index (χ0) is 18.8. The molecule has 7 nitrogen and oxygen atoms in total. The van der Waals surface area contributed by atoms with E-state index in [0.717, 1.165) is 35.6 Å². The van der Waals surface area contributed by atoms with Crippen molar-refractivity contribution in [1.29, 1.82) is 0 Å². The smallest absolute Gasteiger partial charge is 0.227 e. The number of carbonyl (C=O) groups is 1. The number of rotatable bonds is 6. The van der Waals surface area contributed by atoms with Crippen molar-refractivity contribution >= 4 is 17.3 Å². The molecule has 7 heteroatoms.